The van der Waals surface area contributed by atoms with E-state index in [1.807, 2.05) is 20.8 Å². The van der Waals surface area contributed by atoms with Crippen molar-refractivity contribution in [2.75, 3.05) is 13.1 Å². The fraction of sp³-hybridized carbons (Fsp3) is 0.889. The van der Waals surface area contributed by atoms with Gasteiger partial charge >= 0.3 is 0 Å². The number of carbonyl (C=O) groups is 1. The van der Waals surface area contributed by atoms with Crippen molar-refractivity contribution in [1.29, 1.82) is 0 Å². The van der Waals surface area contributed by atoms with Crippen molar-refractivity contribution >= 4 is 6.47 Å². The molecule has 1 aliphatic rings. The van der Waals surface area contributed by atoms with Crippen LogP contribution in [0.25, 0.3) is 0 Å². The number of ether oxygens (including phenoxy) is 1. The highest BCUT2D eigenvalue weighted by Gasteiger charge is 2.08. The van der Waals surface area contributed by atoms with E-state index in [9.17, 15) is 4.79 Å². The van der Waals surface area contributed by atoms with Crippen molar-refractivity contribution in [2.24, 2.45) is 0 Å². The second-order valence-corrected chi connectivity index (χ2v) is 3.97. The third-order valence-corrected chi connectivity index (χ3v) is 1.44. The molecule has 0 unspecified atom stereocenters. The first kappa shape index (κ1) is 12.4. The minimum Gasteiger partial charge on any atom is -0.462 e. The summed E-state index contributed by atoms with van der Waals surface area (Å²) in [5, 5.41) is 11.7. The van der Waals surface area contributed by atoms with Crippen LogP contribution in [-0.4, -0.2) is 36.4 Å². The molecule has 1 rings (SSSR count). The topological polar surface area (TPSA) is 58.6 Å². The molecule has 78 valence electrons. The molecule has 2 N–H and O–H groups in total. The van der Waals surface area contributed by atoms with Gasteiger partial charge in [0, 0.05) is 6.54 Å². The molecule has 0 amide bonds. The van der Waals surface area contributed by atoms with Crippen molar-refractivity contribution in [3.8, 4) is 0 Å². The predicted octanol–water partition coefficient (Wildman–Crippen LogP) is 0.299. The summed E-state index contributed by atoms with van der Waals surface area (Å²) in [6.45, 7) is 7.70. The molecule has 0 radical (unpaired) electrons. The van der Waals surface area contributed by atoms with E-state index < -0.39 is 0 Å². The van der Waals surface area contributed by atoms with E-state index in [1.165, 1.54) is 0 Å². The molecule has 0 bridgehead atoms. The molecule has 1 atom stereocenters. The Morgan fingerprint density at radius 1 is 1.54 bits per heavy atom. The van der Waals surface area contributed by atoms with Gasteiger partial charge in [0.15, 0.2) is 0 Å². The normalized spacial score (nSPS) is 21.7. The van der Waals surface area contributed by atoms with Gasteiger partial charge in [-0.25, -0.2) is 0 Å². The van der Waals surface area contributed by atoms with E-state index in [-0.39, 0.29) is 11.7 Å². The number of aliphatic hydroxyl groups excluding tert-OH is 1. The number of hydrogen-bond donors (Lipinski definition) is 2. The Kier molecular flexibility index (Phi) is 5.66. The Morgan fingerprint density at radius 3 is 2.23 bits per heavy atom. The summed E-state index contributed by atoms with van der Waals surface area (Å²) >= 11 is 0. The molecule has 0 aromatic rings. The van der Waals surface area contributed by atoms with Gasteiger partial charge in [0.2, 0.25) is 0 Å². The highest BCUT2D eigenvalue weighted by Crippen LogP contribution is 2.02. The lowest BCUT2D eigenvalue weighted by Gasteiger charge is -2.14. The van der Waals surface area contributed by atoms with E-state index >= 15 is 0 Å². The SMILES string of the molecule is CC(C)(C)OC=O.O[C@H]1CCNC1. The zero-order chi connectivity index (χ0) is 10.3. The van der Waals surface area contributed by atoms with Gasteiger partial charge in [-0.15, -0.1) is 0 Å². The maximum Gasteiger partial charge on any atom is 0.293 e. The lowest BCUT2D eigenvalue weighted by atomic mass is 10.2. The highest BCUT2D eigenvalue weighted by atomic mass is 16.5. The van der Waals surface area contributed by atoms with Crippen LogP contribution in [0, 0.1) is 0 Å². The molecule has 13 heavy (non-hydrogen) atoms. The van der Waals surface area contributed by atoms with Gasteiger partial charge in [-0.2, -0.15) is 0 Å². The molecule has 1 heterocycles. The molecule has 1 fully saturated rings. The number of nitrogens with one attached hydrogen (secondary N) is 1. The number of carbonyl (C=O) groups excluding carboxylic acids is 1. The average Bonchev–Trinajstić information content (AvgIpc) is 2.38. The van der Waals surface area contributed by atoms with Crippen LogP contribution in [0.15, 0.2) is 0 Å². The van der Waals surface area contributed by atoms with E-state index in [4.69, 9.17) is 5.11 Å². The summed E-state index contributed by atoms with van der Waals surface area (Å²) in [5.74, 6) is 0. The quantitative estimate of drug-likeness (QED) is 0.582. The molecule has 1 aliphatic heterocycles. The van der Waals surface area contributed by atoms with Gasteiger partial charge in [-0.3, -0.25) is 4.79 Å². The van der Waals surface area contributed by atoms with E-state index in [0.29, 0.717) is 6.47 Å². The summed E-state index contributed by atoms with van der Waals surface area (Å²) in [6, 6.07) is 0. The van der Waals surface area contributed by atoms with Gasteiger partial charge in [0.05, 0.1) is 6.10 Å². The number of aliphatic hydroxyl groups is 1. The van der Waals surface area contributed by atoms with Gasteiger partial charge in [-0.05, 0) is 33.7 Å². The standard InChI is InChI=1S/C5H10O2.C4H9NO/c1-5(2,3)7-4-6;6-4-1-2-5-3-4/h4H,1-3H3;4-6H,1-3H2/t;4-/m.0/s1. The smallest absolute Gasteiger partial charge is 0.293 e. The number of hydrogen-bond acceptors (Lipinski definition) is 4. The van der Waals surface area contributed by atoms with Gasteiger partial charge in [0.25, 0.3) is 6.47 Å². The average molecular weight is 189 g/mol. The van der Waals surface area contributed by atoms with Crippen molar-refractivity contribution in [3.05, 3.63) is 0 Å². The van der Waals surface area contributed by atoms with Crippen LogP contribution in [0.3, 0.4) is 0 Å². The Balaban J connectivity index is 0.000000223. The maximum atomic E-state index is 9.60. The van der Waals surface area contributed by atoms with E-state index in [0.717, 1.165) is 19.5 Å². The first-order valence-electron chi connectivity index (χ1n) is 4.46. The van der Waals surface area contributed by atoms with Crippen LogP contribution in [0.1, 0.15) is 27.2 Å². The van der Waals surface area contributed by atoms with Crippen LogP contribution in [-0.2, 0) is 9.53 Å². The maximum absolute atomic E-state index is 9.60. The van der Waals surface area contributed by atoms with Crippen molar-refractivity contribution < 1.29 is 14.6 Å². The summed E-state index contributed by atoms with van der Waals surface area (Å²) in [4.78, 5) is 9.60. The molecule has 0 saturated carbocycles. The molecule has 4 nitrogen and oxygen atoms in total. The zero-order valence-corrected chi connectivity index (χ0v) is 8.54. The van der Waals surface area contributed by atoms with Crippen molar-refractivity contribution in [2.45, 2.75) is 38.9 Å². The Morgan fingerprint density at radius 2 is 2.15 bits per heavy atom. The summed E-state index contributed by atoms with van der Waals surface area (Å²) in [7, 11) is 0. The van der Waals surface area contributed by atoms with Crippen LogP contribution in [0.2, 0.25) is 0 Å². The third-order valence-electron chi connectivity index (χ3n) is 1.44. The molecular formula is C9H19NO3. The summed E-state index contributed by atoms with van der Waals surface area (Å²) in [6.07, 6.45) is 0.866. The van der Waals surface area contributed by atoms with Crippen LogP contribution in [0.4, 0.5) is 0 Å². The third kappa shape index (κ3) is 9.30. The first-order chi connectivity index (χ1) is 5.95. The predicted molar refractivity (Wildman–Crippen MR) is 50.4 cm³/mol. The van der Waals surface area contributed by atoms with Crippen LogP contribution < -0.4 is 5.32 Å². The van der Waals surface area contributed by atoms with Gasteiger partial charge in [0.1, 0.15) is 5.60 Å². The molecule has 4 heteroatoms. The van der Waals surface area contributed by atoms with Gasteiger partial charge in [-0.1, -0.05) is 0 Å². The lowest BCUT2D eigenvalue weighted by molar-refractivity contribution is -0.138. The fourth-order valence-electron chi connectivity index (χ4n) is 0.784. The minimum absolute atomic E-state index is 0.0648. The number of β-amino-alcohol motifs (C(OH)–C–C–N with tert-alkyl or cyclic N) is 1. The summed E-state index contributed by atoms with van der Waals surface area (Å²) in [5.41, 5.74) is -0.318. The summed E-state index contributed by atoms with van der Waals surface area (Å²) < 4.78 is 4.55. The van der Waals surface area contributed by atoms with Crippen LogP contribution >= 0.6 is 0 Å². The Hall–Kier alpha value is -0.610. The molecule has 0 aliphatic carbocycles. The van der Waals surface area contributed by atoms with Crippen LogP contribution in [0.5, 0.6) is 0 Å². The van der Waals surface area contributed by atoms with Crippen molar-refractivity contribution in [1.82, 2.24) is 5.32 Å². The number of rotatable bonds is 1. The minimum atomic E-state index is -0.318. The molecule has 0 aromatic carbocycles. The molecule has 0 spiro atoms. The largest absolute Gasteiger partial charge is 0.462 e. The fourth-order valence-corrected chi connectivity index (χ4v) is 0.784. The molecule has 0 aromatic heterocycles. The van der Waals surface area contributed by atoms with Crippen molar-refractivity contribution in [3.63, 3.8) is 0 Å². The molecular weight excluding hydrogens is 170 g/mol. The Bertz CT molecular complexity index is 136. The molecule has 1 saturated heterocycles. The van der Waals surface area contributed by atoms with E-state index in [1.54, 1.807) is 0 Å². The monoisotopic (exact) mass is 189 g/mol. The zero-order valence-electron chi connectivity index (χ0n) is 8.54. The first-order valence-corrected chi connectivity index (χ1v) is 4.46. The van der Waals surface area contributed by atoms with E-state index in [2.05, 4.69) is 10.1 Å². The second kappa shape index (κ2) is 5.94. The van der Waals surface area contributed by atoms with Gasteiger partial charge < -0.3 is 15.2 Å². The second-order valence-electron chi connectivity index (χ2n) is 3.97. The Labute approximate surface area is 79.3 Å². The highest BCUT2D eigenvalue weighted by molar-refractivity contribution is 5.37. The lowest BCUT2D eigenvalue weighted by Crippen LogP contribution is -2.17.